The average Bonchev–Trinajstić information content (AvgIpc) is 1.64. The lowest BCUT2D eigenvalue weighted by atomic mass is 9.82. The lowest BCUT2D eigenvalue weighted by Gasteiger charge is -2.37. The van der Waals surface area contributed by atoms with Crippen molar-refractivity contribution in [3.05, 3.63) is 65.2 Å². The number of nitrogens with zero attached hydrogens (tertiary/aromatic N) is 15. The minimum atomic E-state index is -0.706. The lowest BCUT2D eigenvalue weighted by molar-refractivity contribution is -0.145. The Kier molecular flexibility index (Phi) is 62.5. The number of nitrogens with one attached hydrogen (secondary N) is 2. The van der Waals surface area contributed by atoms with Crippen molar-refractivity contribution in [3.8, 4) is 0 Å². The maximum Gasteiger partial charge on any atom is 0.329 e. The molecule has 0 bridgehead atoms. The van der Waals surface area contributed by atoms with Gasteiger partial charge >= 0.3 is 29.9 Å². The zero-order valence-electron chi connectivity index (χ0n) is 99.0. The summed E-state index contributed by atoms with van der Waals surface area (Å²) in [6, 6.07) is 22.2. The molecular formula is C118H215N17O13. The molecule has 12 aliphatic rings. The summed E-state index contributed by atoms with van der Waals surface area (Å²) in [6.07, 6.45) is 15.5. The first kappa shape index (κ1) is 133. The second-order valence-electron chi connectivity index (χ2n) is 47.3. The van der Waals surface area contributed by atoms with Crippen LogP contribution in [0, 0.1) is 58.7 Å². The highest BCUT2D eigenvalue weighted by atomic mass is 16.5. The van der Waals surface area contributed by atoms with Crippen LogP contribution in [0.5, 0.6) is 0 Å². The number of Topliss-reactive ketones (excluding diaryl/α,β-unsaturated/α-hetero) is 2. The fourth-order valence-electron chi connectivity index (χ4n) is 22.2. The van der Waals surface area contributed by atoms with Crippen LogP contribution < -0.4 is 10.2 Å². The van der Waals surface area contributed by atoms with E-state index in [4.69, 9.17) is 25.5 Å². The van der Waals surface area contributed by atoms with Crippen molar-refractivity contribution in [3.63, 3.8) is 0 Å². The largest absolute Gasteiger partial charge is 0.481 e. The van der Waals surface area contributed by atoms with E-state index in [1.165, 1.54) is 62.9 Å². The van der Waals surface area contributed by atoms with Gasteiger partial charge in [-0.1, -0.05) is 77.1 Å². The molecule has 10 saturated heterocycles. The summed E-state index contributed by atoms with van der Waals surface area (Å²) in [5.74, 6) is 5.49. The van der Waals surface area contributed by atoms with Crippen molar-refractivity contribution >= 4 is 64.8 Å². The molecule has 30 nitrogen and oxygen atoms in total. The number of benzene rings is 2. The van der Waals surface area contributed by atoms with E-state index < -0.39 is 17.9 Å². The van der Waals surface area contributed by atoms with Gasteiger partial charge < -0.3 is 64.6 Å². The number of urea groups is 1. The summed E-state index contributed by atoms with van der Waals surface area (Å²) in [7, 11) is 0. The molecule has 4 amide bonds. The van der Waals surface area contributed by atoms with Crippen LogP contribution in [0.3, 0.4) is 0 Å². The predicted octanol–water partition coefficient (Wildman–Crippen LogP) is 16.6. The number of amidine groups is 1. The first-order chi connectivity index (χ1) is 69.6. The number of rotatable bonds is 22. The lowest BCUT2D eigenvalue weighted by Crippen LogP contribution is -2.54. The van der Waals surface area contributed by atoms with Gasteiger partial charge in [-0.2, -0.15) is 0 Å². The third-order valence-electron chi connectivity index (χ3n) is 32.3. The highest BCUT2D eigenvalue weighted by Crippen LogP contribution is 2.38. The van der Waals surface area contributed by atoms with E-state index in [-0.39, 0.29) is 60.2 Å². The number of ketones is 2. The molecule has 11 aliphatic heterocycles. The minimum absolute atomic E-state index is 0.0772. The van der Waals surface area contributed by atoms with Crippen LogP contribution in [-0.2, 0) is 62.4 Å². The van der Waals surface area contributed by atoms with Crippen molar-refractivity contribution in [2.75, 3.05) is 201 Å². The molecule has 0 saturated carbocycles. The molecule has 850 valence electrons. The number of piperazine rings is 4. The Labute approximate surface area is 899 Å². The molecular weight excluding hydrogens is 1860 g/mol. The molecule has 11 heterocycles. The topological polar surface area (TPSA) is 308 Å². The van der Waals surface area contributed by atoms with Crippen LogP contribution in [0.25, 0.3) is 0 Å². The van der Waals surface area contributed by atoms with E-state index in [1.54, 1.807) is 38.8 Å². The summed E-state index contributed by atoms with van der Waals surface area (Å²) in [6.45, 7) is 93.7. The molecule has 5 N–H and O–H groups in total. The molecule has 3 atom stereocenters. The Morgan fingerprint density at radius 1 is 0.372 bits per heavy atom. The van der Waals surface area contributed by atoms with E-state index in [1.807, 2.05) is 73.3 Å². The second kappa shape index (κ2) is 69.5. The van der Waals surface area contributed by atoms with Gasteiger partial charge in [0.15, 0.2) is 0 Å². The number of carboxylic acid groups (broad SMARTS) is 3. The van der Waals surface area contributed by atoms with E-state index in [9.17, 15) is 43.2 Å². The van der Waals surface area contributed by atoms with Gasteiger partial charge in [-0.3, -0.25) is 73.3 Å². The normalized spacial score (nSPS) is 21.4. The van der Waals surface area contributed by atoms with Crippen LogP contribution >= 0.6 is 0 Å². The van der Waals surface area contributed by atoms with Gasteiger partial charge in [0.2, 0.25) is 11.8 Å². The number of esters is 1. The van der Waals surface area contributed by atoms with Gasteiger partial charge in [0.25, 0.3) is 0 Å². The van der Waals surface area contributed by atoms with Crippen LogP contribution in [-0.4, -0.2) is 412 Å². The number of piperidine rings is 5. The first-order valence-electron chi connectivity index (χ1n) is 57.7. The molecule has 30 heteroatoms. The average molecular weight is 2080 g/mol. The van der Waals surface area contributed by atoms with Gasteiger partial charge in [-0.25, -0.2) is 9.59 Å². The number of amides is 4. The SMILES string of the molecule is CC(=N)N1CCN(C(C)C)CC1.CC(=O)C1CCN(C(C)C)CC1.CC(=O)CN1CCN(C(C)C)CC1.CC(=O)N1CCC(C(C)C)CC1.CC(=O)N1CCN(C(C)C)CC1.CC(C)C1CCN(CC(=O)O)CC1.CC(C)N1CCC(C(=O)O)CC1.CC(C)N1CCC(C2Cc3ccccc3C2)CC1.CC(C)N1C[C@H](C)C[C@H]1C(=O)O.CC(C)NC(=O)N1CCN(C(C)C)CC1.CCOC(=O)C1Cc2ccccc2N1C(C)C. The second-order valence-corrected chi connectivity index (χ2v) is 47.3. The highest BCUT2D eigenvalue weighted by Gasteiger charge is 2.40. The Morgan fingerprint density at radius 3 is 1.07 bits per heavy atom. The summed E-state index contributed by atoms with van der Waals surface area (Å²) in [4.78, 5) is 133. The molecule has 1 unspecified atom stereocenters. The van der Waals surface area contributed by atoms with Gasteiger partial charge in [-0.15, -0.1) is 0 Å². The van der Waals surface area contributed by atoms with Crippen LogP contribution in [0.2, 0.25) is 0 Å². The molecule has 10 fully saturated rings. The third kappa shape index (κ3) is 49.0. The molecule has 2 aromatic carbocycles. The molecule has 0 aromatic heterocycles. The number of likely N-dealkylation sites (tertiary alicyclic amines) is 6. The standard InChI is InChI=1S/C17H25N.C14H19NO2.C11H23N3O.C10H20N2O.C10H19NO2.2C10H19NO.C9H19N3.C9H18N2O.2C9H17NO2/c1-13(2)18-9-7-14(8-10-18)17-11-15-5-3-4-6-16(15)12-17;1-4-17-14(16)13-9-11-7-5-6-8-12(11)15(13)10(2)3;1-9(2)12-11(15)14-7-5-13(6-8-14)10(3)4;1-9(2)12-6-4-11(5-7-12)8-10(3)13;1-8(2)9-3-5-11(6-4-9)7-10(12)13;1-8(2)11-6-4-10(5-7-11)9(3)12;1-8(2)10-4-6-11(7-5-10)9(3)12;1-8(2)11-4-6-12(7-5-11)9(3)10;1-8(2)10-4-6-11(7-5-10)9(3)12;1-6(2)10-5-7(3)4-8(10)9(11)12;1-7(2)10-5-3-8(4-6-10)9(11)12/h3-6,13-14,17H,7-12H2,1-2H3;5-8,10,13H,4,9H2,1-3H3;9-10H,5-8H2,1-4H3,(H,12,15);9H,4-8H2,1-3H3;8-9H,3-7H2,1-2H3,(H,12,13);3*8,10H,4-7H2,1-3H3;8H,4-7H2,1-3H3;6-8H,4-5H2,1-3H3,(H,11,12);7-8H,3-6H2,1-2H3,(H,11,12)/t;;;;;;;;;7-,8+;/m.........1./s1. The number of anilines is 1. The summed E-state index contributed by atoms with van der Waals surface area (Å²) >= 11 is 0. The molecule has 1 aliphatic carbocycles. The minimum Gasteiger partial charge on any atom is -0.481 e. The third-order valence-corrected chi connectivity index (χ3v) is 32.3. The van der Waals surface area contributed by atoms with Crippen LogP contribution in [0.4, 0.5) is 10.5 Å². The Bertz CT molecular complexity index is 3810. The number of carboxylic acids is 3. The molecule has 0 spiro atoms. The van der Waals surface area contributed by atoms with E-state index >= 15 is 0 Å². The smallest absolute Gasteiger partial charge is 0.329 e. The number of fused-ring (bicyclic) bond motifs is 2. The van der Waals surface area contributed by atoms with E-state index in [0.717, 1.165) is 257 Å². The van der Waals surface area contributed by atoms with Gasteiger partial charge in [0.05, 0.1) is 31.4 Å². The quantitative estimate of drug-likeness (QED) is 0.0415. The zero-order chi connectivity index (χ0) is 111. The highest BCUT2D eigenvalue weighted by molar-refractivity contribution is 5.84. The number of carbonyl (C=O) groups excluding carboxylic acids is 6. The first-order valence-corrected chi connectivity index (χ1v) is 57.7. The molecule has 148 heavy (non-hydrogen) atoms. The van der Waals surface area contributed by atoms with Crippen LogP contribution in [0.15, 0.2) is 48.5 Å². The summed E-state index contributed by atoms with van der Waals surface area (Å²) in [5, 5.41) is 36.6. The fraction of sp³-hybridized carbons (Fsp3) is 0.814. The van der Waals surface area contributed by atoms with Gasteiger partial charge in [0.1, 0.15) is 23.7 Å². The number of aliphatic carboxylic acids is 3. The number of ether oxygens (including phenoxy) is 1. The van der Waals surface area contributed by atoms with Gasteiger partial charge in [0, 0.05) is 217 Å². The Morgan fingerprint density at radius 2 is 0.730 bits per heavy atom. The molecule has 0 radical (unpaired) electrons. The predicted molar refractivity (Wildman–Crippen MR) is 607 cm³/mol. The summed E-state index contributed by atoms with van der Waals surface area (Å²) in [5.41, 5.74) is 5.64. The van der Waals surface area contributed by atoms with E-state index in [2.05, 4.69) is 241 Å². The Hall–Kier alpha value is -7.26. The van der Waals surface area contributed by atoms with Crippen LogP contribution in [0.1, 0.15) is 302 Å². The molecule has 14 rings (SSSR count). The fourth-order valence-corrected chi connectivity index (χ4v) is 22.2. The Balaban J connectivity index is 0.000000340. The van der Waals surface area contributed by atoms with Crippen molar-refractivity contribution in [1.29, 1.82) is 5.41 Å². The number of para-hydroxylation sites is 1. The van der Waals surface area contributed by atoms with Crippen molar-refractivity contribution in [1.82, 2.24) is 73.9 Å². The maximum absolute atomic E-state index is 12.0. The number of hydrogen-bond acceptors (Lipinski definition) is 22. The van der Waals surface area contributed by atoms with Crippen molar-refractivity contribution in [2.45, 2.75) is 377 Å². The molecule has 2 aromatic rings. The van der Waals surface area contributed by atoms with Crippen molar-refractivity contribution < 1.29 is 63.2 Å². The van der Waals surface area contributed by atoms with Crippen molar-refractivity contribution in [2.24, 2.45) is 53.3 Å². The van der Waals surface area contributed by atoms with Gasteiger partial charge in [-0.05, 0) is 366 Å². The van der Waals surface area contributed by atoms with E-state index in [0.29, 0.717) is 84.9 Å². The summed E-state index contributed by atoms with van der Waals surface area (Å²) < 4.78 is 5.16. The number of carbonyl (C=O) groups is 9. The maximum atomic E-state index is 12.0. The monoisotopic (exact) mass is 2080 g/mol. The zero-order valence-corrected chi connectivity index (χ0v) is 99.0. The number of hydrogen-bond donors (Lipinski definition) is 5.